The molecule has 0 unspecified atom stereocenters. The number of amides is 1. The topological polar surface area (TPSA) is 72.2 Å². The summed E-state index contributed by atoms with van der Waals surface area (Å²) in [5.41, 5.74) is 1.97. The highest BCUT2D eigenvalue weighted by atomic mass is 35.5. The monoisotopic (exact) mass is 332 g/mol. The molecule has 6 heteroatoms. The smallest absolute Gasteiger partial charge is 0.269 e. The van der Waals surface area contributed by atoms with Gasteiger partial charge in [-0.2, -0.15) is 0 Å². The average molecular weight is 333 g/mol. The zero-order valence-electron chi connectivity index (χ0n) is 12.5. The Morgan fingerprint density at radius 2 is 1.78 bits per heavy atom. The van der Waals surface area contributed by atoms with Crippen LogP contribution in [-0.2, 0) is 17.6 Å². The number of nitrogens with zero attached hydrogens (tertiary/aromatic N) is 1. The van der Waals surface area contributed by atoms with Gasteiger partial charge in [0.1, 0.15) is 0 Å². The molecule has 0 atom stereocenters. The summed E-state index contributed by atoms with van der Waals surface area (Å²) in [6.07, 6.45) is 1.61. The Morgan fingerprint density at radius 3 is 2.43 bits per heavy atom. The second kappa shape index (κ2) is 8.29. The average Bonchev–Trinajstić information content (AvgIpc) is 2.54. The third-order valence-electron chi connectivity index (χ3n) is 3.46. The SMILES string of the molecule is O=C(CCc1ccccc1Cl)NCCc1ccc([N+](=O)[O-])cc1. The molecule has 0 aliphatic carbocycles. The van der Waals surface area contributed by atoms with Gasteiger partial charge < -0.3 is 5.32 Å². The molecule has 1 N–H and O–H groups in total. The number of aryl methyl sites for hydroxylation is 1. The molecule has 23 heavy (non-hydrogen) atoms. The van der Waals surface area contributed by atoms with Gasteiger partial charge >= 0.3 is 0 Å². The van der Waals surface area contributed by atoms with E-state index in [9.17, 15) is 14.9 Å². The van der Waals surface area contributed by atoms with Gasteiger partial charge in [0.15, 0.2) is 0 Å². The number of halogens is 1. The van der Waals surface area contributed by atoms with Crippen molar-refractivity contribution in [2.45, 2.75) is 19.3 Å². The first-order valence-electron chi connectivity index (χ1n) is 7.29. The standard InChI is InChI=1S/C17H17ClN2O3/c18-16-4-2-1-3-14(16)7-10-17(21)19-12-11-13-5-8-15(9-6-13)20(22)23/h1-6,8-9H,7,10-12H2,(H,19,21). The van der Waals surface area contributed by atoms with Crippen molar-refractivity contribution in [3.63, 3.8) is 0 Å². The Balaban J connectivity index is 1.72. The minimum atomic E-state index is -0.430. The van der Waals surface area contributed by atoms with Crippen LogP contribution in [-0.4, -0.2) is 17.4 Å². The van der Waals surface area contributed by atoms with Gasteiger partial charge in [0.2, 0.25) is 5.91 Å². The number of nitrogens with one attached hydrogen (secondary N) is 1. The van der Waals surface area contributed by atoms with E-state index in [0.29, 0.717) is 30.8 Å². The van der Waals surface area contributed by atoms with Gasteiger partial charge in [0, 0.05) is 30.1 Å². The van der Waals surface area contributed by atoms with Gasteiger partial charge in [-0.25, -0.2) is 0 Å². The molecule has 0 fully saturated rings. The maximum absolute atomic E-state index is 11.8. The third-order valence-corrected chi connectivity index (χ3v) is 3.83. The van der Waals surface area contributed by atoms with E-state index in [1.807, 2.05) is 24.3 Å². The van der Waals surface area contributed by atoms with Gasteiger partial charge in [0.05, 0.1) is 4.92 Å². The van der Waals surface area contributed by atoms with Crippen molar-refractivity contribution in [1.82, 2.24) is 5.32 Å². The van der Waals surface area contributed by atoms with Crippen molar-refractivity contribution in [1.29, 1.82) is 0 Å². The number of nitro benzene ring substituents is 1. The molecule has 0 aliphatic rings. The molecule has 5 nitrogen and oxygen atoms in total. The lowest BCUT2D eigenvalue weighted by molar-refractivity contribution is -0.384. The zero-order valence-corrected chi connectivity index (χ0v) is 13.3. The molecule has 0 bridgehead atoms. The minimum absolute atomic E-state index is 0.0353. The van der Waals surface area contributed by atoms with Crippen molar-refractivity contribution in [2.75, 3.05) is 6.54 Å². The zero-order chi connectivity index (χ0) is 16.7. The lowest BCUT2D eigenvalue weighted by Gasteiger charge is -2.06. The third kappa shape index (κ3) is 5.38. The maximum Gasteiger partial charge on any atom is 0.269 e. The van der Waals surface area contributed by atoms with E-state index in [-0.39, 0.29) is 11.6 Å². The second-order valence-corrected chi connectivity index (χ2v) is 5.52. The van der Waals surface area contributed by atoms with E-state index in [2.05, 4.69) is 5.32 Å². The lowest BCUT2D eigenvalue weighted by Crippen LogP contribution is -2.25. The van der Waals surface area contributed by atoms with Crippen LogP contribution in [0.1, 0.15) is 17.5 Å². The van der Waals surface area contributed by atoms with Gasteiger partial charge in [-0.3, -0.25) is 14.9 Å². The molecule has 1 amide bonds. The van der Waals surface area contributed by atoms with E-state index in [1.54, 1.807) is 12.1 Å². The fourth-order valence-electron chi connectivity index (χ4n) is 2.17. The van der Waals surface area contributed by atoms with Crippen molar-refractivity contribution in [3.8, 4) is 0 Å². The highest BCUT2D eigenvalue weighted by molar-refractivity contribution is 6.31. The van der Waals surface area contributed by atoms with Crippen LogP contribution in [0.15, 0.2) is 48.5 Å². The Bertz CT molecular complexity index is 686. The summed E-state index contributed by atoms with van der Waals surface area (Å²) in [7, 11) is 0. The molecule has 2 rings (SSSR count). The van der Waals surface area contributed by atoms with Crippen molar-refractivity contribution < 1.29 is 9.72 Å². The van der Waals surface area contributed by atoms with E-state index in [1.165, 1.54) is 12.1 Å². The highest BCUT2D eigenvalue weighted by Crippen LogP contribution is 2.16. The van der Waals surface area contributed by atoms with E-state index >= 15 is 0 Å². The first-order chi connectivity index (χ1) is 11.1. The number of rotatable bonds is 7. The van der Waals surface area contributed by atoms with Crippen molar-refractivity contribution in [3.05, 3.63) is 74.8 Å². The fraction of sp³-hybridized carbons (Fsp3) is 0.235. The van der Waals surface area contributed by atoms with Crippen LogP contribution in [0.25, 0.3) is 0 Å². The summed E-state index contributed by atoms with van der Waals surface area (Å²) in [6, 6.07) is 13.8. The Kier molecular flexibility index (Phi) is 6.11. The van der Waals surface area contributed by atoms with Crippen LogP contribution < -0.4 is 5.32 Å². The number of carbonyl (C=O) groups is 1. The van der Waals surface area contributed by atoms with E-state index < -0.39 is 4.92 Å². The molecule has 2 aromatic rings. The van der Waals surface area contributed by atoms with Gasteiger partial charge in [-0.05, 0) is 30.0 Å². The van der Waals surface area contributed by atoms with Gasteiger partial charge in [-0.15, -0.1) is 0 Å². The van der Waals surface area contributed by atoms with Crippen molar-refractivity contribution >= 4 is 23.2 Å². The van der Waals surface area contributed by atoms with E-state index in [4.69, 9.17) is 11.6 Å². The first-order valence-corrected chi connectivity index (χ1v) is 7.67. The summed E-state index contributed by atoms with van der Waals surface area (Å²) >= 11 is 6.05. The normalized spacial score (nSPS) is 10.3. The van der Waals surface area contributed by atoms with Crippen LogP contribution in [0.5, 0.6) is 0 Å². The molecule has 0 saturated heterocycles. The Labute approximate surface area is 139 Å². The predicted octanol–water partition coefficient (Wildman–Crippen LogP) is 3.54. The quantitative estimate of drug-likeness (QED) is 0.622. The van der Waals surface area contributed by atoms with Crippen LogP contribution >= 0.6 is 11.6 Å². The van der Waals surface area contributed by atoms with Crippen LogP contribution in [0.3, 0.4) is 0 Å². The van der Waals surface area contributed by atoms with E-state index in [0.717, 1.165) is 11.1 Å². The van der Waals surface area contributed by atoms with Crippen LogP contribution in [0.4, 0.5) is 5.69 Å². The second-order valence-electron chi connectivity index (χ2n) is 5.11. The first kappa shape index (κ1) is 17.0. The molecule has 0 heterocycles. The number of hydrogen-bond donors (Lipinski definition) is 1. The molecule has 0 aromatic heterocycles. The summed E-state index contributed by atoms with van der Waals surface area (Å²) in [5, 5.41) is 14.1. The van der Waals surface area contributed by atoms with Gasteiger partial charge in [-0.1, -0.05) is 41.9 Å². The summed E-state index contributed by atoms with van der Waals surface area (Å²) in [4.78, 5) is 22.0. The van der Waals surface area contributed by atoms with Gasteiger partial charge in [0.25, 0.3) is 5.69 Å². The van der Waals surface area contributed by atoms with Crippen molar-refractivity contribution in [2.24, 2.45) is 0 Å². The molecule has 0 spiro atoms. The number of benzene rings is 2. The minimum Gasteiger partial charge on any atom is -0.356 e. The molecule has 0 radical (unpaired) electrons. The predicted molar refractivity (Wildman–Crippen MR) is 89.6 cm³/mol. The van der Waals surface area contributed by atoms with Crippen LogP contribution in [0, 0.1) is 10.1 Å². The fourth-order valence-corrected chi connectivity index (χ4v) is 2.40. The molecule has 120 valence electrons. The molecule has 0 aliphatic heterocycles. The highest BCUT2D eigenvalue weighted by Gasteiger charge is 2.06. The summed E-state index contributed by atoms with van der Waals surface area (Å²) < 4.78 is 0. The Morgan fingerprint density at radius 1 is 1.09 bits per heavy atom. The van der Waals surface area contributed by atoms with Crippen LogP contribution in [0.2, 0.25) is 5.02 Å². The summed E-state index contributed by atoms with van der Waals surface area (Å²) in [5.74, 6) is -0.0353. The molecular weight excluding hydrogens is 316 g/mol. The molecule has 0 saturated carbocycles. The largest absolute Gasteiger partial charge is 0.356 e. The Hall–Kier alpha value is -2.40. The number of nitro groups is 1. The molecular formula is C17H17ClN2O3. The lowest BCUT2D eigenvalue weighted by atomic mass is 10.1. The number of non-ortho nitro benzene ring substituents is 1. The number of hydrogen-bond acceptors (Lipinski definition) is 3. The summed E-state index contributed by atoms with van der Waals surface area (Å²) in [6.45, 7) is 0.499. The maximum atomic E-state index is 11.8. The molecule has 2 aromatic carbocycles. The number of carbonyl (C=O) groups excluding carboxylic acids is 1.